The molecule has 8 heteroatoms. The molecule has 0 aromatic heterocycles. The first-order valence-electron chi connectivity index (χ1n) is 0.917. The normalized spacial score (nSPS) is 13.8. The average molecular weight is 189 g/mol. The van der Waals surface area contributed by atoms with Crippen LogP contribution in [0.1, 0.15) is 0 Å². The van der Waals surface area contributed by atoms with Crippen molar-refractivity contribution in [3.63, 3.8) is 0 Å². The Morgan fingerprint density at radius 1 is 1.62 bits per heavy atom. The molecule has 0 radical (unpaired) electrons. The van der Waals surface area contributed by atoms with E-state index in [1.807, 2.05) is 0 Å². The van der Waals surface area contributed by atoms with E-state index in [0.29, 0.717) is 0 Å². The van der Waals surface area contributed by atoms with Crippen LogP contribution in [0.15, 0.2) is 0 Å². The fourth-order valence-electron chi connectivity index (χ4n) is 0. The van der Waals surface area contributed by atoms with Gasteiger partial charge in [0.1, 0.15) is 0 Å². The summed E-state index contributed by atoms with van der Waals surface area (Å²) < 4.78 is 27.0. The van der Waals surface area contributed by atoms with Crippen molar-refractivity contribution in [2.75, 3.05) is 0 Å². The molecule has 1 N–H and O–H groups in total. The van der Waals surface area contributed by atoms with Crippen molar-refractivity contribution in [1.82, 2.24) is 0 Å². The number of hydrogen-bond acceptors (Lipinski definition) is 3. The molecule has 0 aromatic carbocycles. The van der Waals surface area contributed by atoms with Gasteiger partial charge in [0.2, 0.25) is 0 Å². The van der Waals surface area contributed by atoms with E-state index in [9.17, 15) is 4.20 Å². The van der Waals surface area contributed by atoms with Crippen LogP contribution in [0.3, 0.4) is 0 Å². The summed E-state index contributed by atoms with van der Waals surface area (Å²) >= 11 is 1.06. The van der Waals surface area contributed by atoms with Crippen LogP contribution in [0.2, 0.25) is 0 Å². The monoisotopic (exact) mass is 189 g/mol. The molecular formula is HFNaO4PV. The molecule has 0 aromatic rings. The first-order valence-corrected chi connectivity index (χ1v) is 2.96. The fraction of sp³-hybridized carbons (Fsp3) is 0. The van der Waals surface area contributed by atoms with Gasteiger partial charge < -0.3 is 9.79 Å². The summed E-state index contributed by atoms with van der Waals surface area (Å²) in [4.78, 5) is 15.4. The van der Waals surface area contributed by atoms with Gasteiger partial charge in [0.05, 0.1) is 0 Å². The van der Waals surface area contributed by atoms with Crippen molar-refractivity contribution in [1.29, 1.82) is 0 Å². The van der Waals surface area contributed by atoms with Crippen LogP contribution in [0.5, 0.6) is 0 Å². The van der Waals surface area contributed by atoms with Crippen LogP contribution in [0.4, 0.5) is 4.20 Å². The summed E-state index contributed by atoms with van der Waals surface area (Å²) in [5, 5.41) is 0. The Morgan fingerprint density at radius 3 is 1.62 bits per heavy atom. The molecule has 0 aliphatic heterocycles. The van der Waals surface area contributed by atoms with Crippen molar-refractivity contribution in [2.45, 2.75) is 0 Å². The van der Waals surface area contributed by atoms with E-state index in [2.05, 4.69) is 0 Å². The van der Waals surface area contributed by atoms with Crippen LogP contribution in [0.25, 0.3) is 0 Å². The van der Waals surface area contributed by atoms with E-state index in [0.717, 1.165) is 17.4 Å². The Hall–Kier alpha value is 1.46. The average Bonchev–Trinajstić information content (AvgIpc) is 1.36. The predicted molar refractivity (Wildman–Crippen MR) is 11.6 cm³/mol. The second kappa shape index (κ2) is 8.46. The van der Waals surface area contributed by atoms with E-state index in [-0.39, 0.29) is 29.6 Å². The van der Waals surface area contributed by atoms with E-state index >= 15 is 0 Å². The minimum atomic E-state index is -5.39. The molecule has 1 unspecified atom stereocenters. The van der Waals surface area contributed by atoms with E-state index in [1.165, 1.54) is 0 Å². The quantitative estimate of drug-likeness (QED) is 0.314. The number of hydrogen-bond donors (Lipinski definition) is 1. The Bertz CT molecular complexity index is 71.8. The third-order valence-electron chi connectivity index (χ3n) is 0. The molecule has 0 spiro atoms. The Balaban J connectivity index is -0.0000000750. The molecule has 8 heavy (non-hydrogen) atoms. The molecule has 0 amide bonds. The van der Waals surface area contributed by atoms with Crippen LogP contribution < -0.4 is 34.5 Å². The first-order chi connectivity index (χ1) is 3.00. The summed E-state index contributed by atoms with van der Waals surface area (Å²) in [5.74, 6) is 0. The summed E-state index contributed by atoms with van der Waals surface area (Å²) in [6.07, 6.45) is 0. The van der Waals surface area contributed by atoms with E-state index in [1.54, 1.807) is 0 Å². The molecule has 0 bridgehead atoms. The third-order valence-corrected chi connectivity index (χ3v) is 0. The molecule has 1 atom stereocenters. The van der Waals surface area contributed by atoms with Gasteiger partial charge in [0.15, 0.2) is 0 Å². The molecular weight excluding hydrogens is 188 g/mol. The molecule has 4 nitrogen and oxygen atoms in total. The predicted octanol–water partition coefficient (Wildman–Crippen LogP) is -3.70. The molecule has 0 saturated heterocycles. The van der Waals surface area contributed by atoms with E-state index in [4.69, 9.17) is 18.0 Å². The maximum absolute atomic E-state index is 10.2. The second-order valence-electron chi connectivity index (χ2n) is 0.451. The summed E-state index contributed by atoms with van der Waals surface area (Å²) in [6, 6.07) is 0. The first kappa shape index (κ1) is 16.2. The Labute approximate surface area is 76.6 Å². The topological polar surface area (TPSA) is 77.4 Å². The molecule has 0 fully saturated rings. The van der Waals surface area contributed by atoms with Crippen molar-refractivity contribution in [3.05, 3.63) is 0 Å². The Kier molecular flexibility index (Phi) is 17.2. The summed E-state index contributed by atoms with van der Waals surface area (Å²) in [7, 11) is -5.39. The Morgan fingerprint density at radius 2 is 1.62 bits per heavy atom. The maximum atomic E-state index is 10.2. The van der Waals surface area contributed by atoms with Crippen LogP contribution in [0, 0.1) is 0 Å². The molecule has 0 heterocycles. The van der Waals surface area contributed by atoms with Gasteiger partial charge in [-0.05, 0) is 0 Å². The molecule has 0 saturated carbocycles. The summed E-state index contributed by atoms with van der Waals surface area (Å²) in [5.41, 5.74) is 0. The minimum absolute atomic E-state index is 0. The van der Waals surface area contributed by atoms with E-state index < -0.39 is 7.91 Å². The van der Waals surface area contributed by atoms with Gasteiger partial charge in [-0.15, -0.1) is 0 Å². The standard InChI is InChI=1S/FH2O3P.Na.O.V/c1-5(2,3)4;;;/h(H2,2,3,4);;;/q;+1;;/p-1. The second-order valence-corrected chi connectivity index (χ2v) is 1.35. The molecule has 0 aliphatic carbocycles. The number of halogens is 1. The zero-order chi connectivity index (χ0) is 6.50. The van der Waals surface area contributed by atoms with Gasteiger partial charge in [0, 0.05) is 0 Å². The van der Waals surface area contributed by atoms with Crippen molar-refractivity contribution < 1.29 is 69.1 Å². The molecule has 43 valence electrons. The SMILES string of the molecule is O=P([O-])(O)F.[Na+].[O]=[V]. The van der Waals surface area contributed by atoms with Gasteiger partial charge in [-0.2, -0.15) is 4.20 Å². The van der Waals surface area contributed by atoms with Crippen LogP contribution in [-0.4, -0.2) is 4.89 Å². The molecule has 0 aliphatic rings. The van der Waals surface area contributed by atoms with Crippen LogP contribution in [-0.2, 0) is 25.6 Å². The van der Waals surface area contributed by atoms with Gasteiger partial charge in [-0.25, -0.2) is 0 Å². The van der Waals surface area contributed by atoms with Crippen molar-refractivity contribution in [2.24, 2.45) is 0 Å². The number of rotatable bonds is 0. The van der Waals surface area contributed by atoms with Crippen LogP contribution >= 0.6 is 7.91 Å². The third kappa shape index (κ3) is 145. The molecule has 0 rings (SSSR count). The van der Waals surface area contributed by atoms with Gasteiger partial charge in [-0.3, -0.25) is 4.57 Å². The van der Waals surface area contributed by atoms with Gasteiger partial charge >= 0.3 is 58.5 Å². The van der Waals surface area contributed by atoms with Crippen molar-refractivity contribution in [3.8, 4) is 0 Å². The van der Waals surface area contributed by atoms with Crippen molar-refractivity contribution >= 4 is 7.91 Å². The van der Waals surface area contributed by atoms with Gasteiger partial charge in [-0.1, -0.05) is 0 Å². The van der Waals surface area contributed by atoms with Gasteiger partial charge in [0.25, 0.3) is 0 Å². The fourth-order valence-corrected chi connectivity index (χ4v) is 0. The zero-order valence-corrected chi connectivity index (χ0v) is 8.24. The zero-order valence-electron chi connectivity index (χ0n) is 3.94. The summed E-state index contributed by atoms with van der Waals surface area (Å²) in [6.45, 7) is 0.